The summed E-state index contributed by atoms with van der Waals surface area (Å²) in [6.45, 7) is 9.53. The van der Waals surface area contributed by atoms with E-state index in [1.807, 2.05) is 62.1 Å². The number of halogens is 7. The van der Waals surface area contributed by atoms with Crippen LogP contribution < -0.4 is 0 Å². The summed E-state index contributed by atoms with van der Waals surface area (Å²) < 4.78 is 82.1. The number of ether oxygens (including phenoxy) is 1. The van der Waals surface area contributed by atoms with E-state index in [1.165, 1.54) is 11.1 Å². The van der Waals surface area contributed by atoms with E-state index in [9.17, 15) is 40.7 Å². The smallest absolute Gasteiger partial charge is 0.444 e. The molecule has 3 heterocycles. The minimum Gasteiger partial charge on any atom is -0.444 e. The van der Waals surface area contributed by atoms with E-state index in [-0.39, 0.29) is 54.1 Å². The molecule has 2 aromatic rings. The van der Waals surface area contributed by atoms with Gasteiger partial charge in [0, 0.05) is 64.2 Å². The SMILES string of the molecule is CC(=O)N1C[C@H](CF)N(Cc2ccccc2)CC12CC2.CC(C)(C)OC(=O)N1C[C@H](CF)N(Cc2ccccc2)CC12CC2.Cl.O=C(N1C[C@H](CF)CCC12CC2)C(F)(F)F. The van der Waals surface area contributed by atoms with Crippen molar-refractivity contribution in [1.29, 1.82) is 0 Å². The molecule has 8 rings (SSSR count). The molecule has 3 saturated carbocycles. The van der Waals surface area contributed by atoms with Crippen LogP contribution in [-0.4, -0.2) is 136 Å². The molecule has 0 N–H and O–H groups in total. The van der Waals surface area contributed by atoms with Crippen molar-refractivity contribution in [2.24, 2.45) is 5.92 Å². The molecule has 0 aromatic heterocycles. The highest BCUT2D eigenvalue weighted by atomic mass is 35.5. The van der Waals surface area contributed by atoms with Gasteiger partial charge in [0.2, 0.25) is 5.91 Å². The Morgan fingerprint density at radius 2 is 1.08 bits per heavy atom. The third-order valence-electron chi connectivity index (χ3n) is 13.0. The fraction of sp³-hybridized carbons (Fsp3) is 0.667. The topological polar surface area (TPSA) is 76.6 Å². The number of likely N-dealkylation sites (tertiary alicyclic amines) is 1. The summed E-state index contributed by atoms with van der Waals surface area (Å²) in [4.78, 5) is 44.5. The first-order valence-electron chi connectivity index (χ1n) is 21.3. The van der Waals surface area contributed by atoms with E-state index in [4.69, 9.17) is 4.74 Å². The van der Waals surface area contributed by atoms with E-state index in [2.05, 4.69) is 34.1 Å². The summed E-state index contributed by atoms with van der Waals surface area (Å²) in [6, 6.07) is 19.8. The number of alkyl halides is 6. The Labute approximate surface area is 362 Å². The van der Waals surface area contributed by atoms with Crippen LogP contribution in [0.15, 0.2) is 60.7 Å². The molecule has 6 fully saturated rings. The largest absolute Gasteiger partial charge is 0.471 e. The number of nitrogens with zero attached hydrogens (tertiary/aromatic N) is 5. The van der Waals surface area contributed by atoms with Crippen molar-refractivity contribution in [3.05, 3.63) is 71.8 Å². The standard InChI is InChI=1S/C19H27FN2O2.C16H21FN2O.C10H13F4NO.ClH/c1-18(2,3)24-17(23)22-13-16(11-20)21(14-19(22)9-10-19)12-15-7-5-4-6-8-15;1-13(20)19-11-15(9-17)18(12-16(19)7-8-16)10-14-5-3-2-4-6-14;11-5-7-1-2-9(3-4-9)15(6-7)8(16)10(12,13)14;/h4-8,16H,9-14H2,1-3H3;2-6,15H,7-12H2,1H3;7H,1-6H2;1H/t16-;15-;7-;/m000./s1. The second-order valence-electron chi connectivity index (χ2n) is 18.8. The Hall–Kier alpha value is -3.56. The molecule has 9 nitrogen and oxygen atoms in total. The van der Waals surface area contributed by atoms with E-state index < -0.39 is 49.2 Å². The summed E-state index contributed by atoms with van der Waals surface area (Å²) >= 11 is 0. The molecule has 0 unspecified atom stereocenters. The molecule has 6 aliphatic rings. The van der Waals surface area contributed by atoms with Crippen molar-refractivity contribution in [3.63, 3.8) is 0 Å². The number of hydrogen-bond donors (Lipinski definition) is 0. The number of amides is 3. The lowest BCUT2D eigenvalue weighted by Crippen LogP contribution is -2.62. The summed E-state index contributed by atoms with van der Waals surface area (Å²) in [6.07, 6.45) is 1.22. The van der Waals surface area contributed by atoms with E-state index in [1.54, 1.807) is 11.8 Å². The van der Waals surface area contributed by atoms with Crippen LogP contribution in [0.5, 0.6) is 0 Å². The zero-order chi connectivity index (χ0) is 43.5. The van der Waals surface area contributed by atoms with Gasteiger partial charge in [0.1, 0.15) is 19.0 Å². The molecular weight excluding hydrogens is 824 g/mol. The number of carbonyl (C=O) groups is 3. The Balaban J connectivity index is 0.000000175. The van der Waals surface area contributed by atoms with Gasteiger partial charge in [-0.05, 0) is 83.3 Å². The molecule has 0 radical (unpaired) electrons. The van der Waals surface area contributed by atoms with E-state index in [0.29, 0.717) is 38.8 Å². The molecule has 3 atom stereocenters. The van der Waals surface area contributed by atoms with Gasteiger partial charge in [0.25, 0.3) is 0 Å². The molecule has 3 aliphatic carbocycles. The van der Waals surface area contributed by atoms with Crippen LogP contribution in [0.25, 0.3) is 0 Å². The van der Waals surface area contributed by atoms with Crippen LogP contribution in [0, 0.1) is 5.92 Å². The number of benzene rings is 2. The van der Waals surface area contributed by atoms with Crippen molar-refractivity contribution in [3.8, 4) is 0 Å². The van der Waals surface area contributed by atoms with Gasteiger partial charge in [-0.25, -0.2) is 13.6 Å². The third-order valence-corrected chi connectivity index (χ3v) is 13.0. The van der Waals surface area contributed by atoms with Gasteiger partial charge in [0.05, 0.1) is 29.8 Å². The number of rotatable bonds is 7. The number of piperidine rings is 1. The molecule has 61 heavy (non-hydrogen) atoms. The Morgan fingerprint density at radius 1 is 0.639 bits per heavy atom. The Bertz CT molecular complexity index is 1770. The first-order chi connectivity index (χ1) is 28.4. The van der Waals surface area contributed by atoms with Crippen molar-refractivity contribution in [2.75, 3.05) is 52.7 Å². The minimum atomic E-state index is -4.84. The highest BCUT2D eigenvalue weighted by Gasteiger charge is 2.59. The molecule has 3 spiro atoms. The summed E-state index contributed by atoms with van der Waals surface area (Å²) in [5, 5.41) is 0. The minimum absolute atomic E-state index is 0. The normalized spacial score (nSPS) is 24.8. The van der Waals surface area contributed by atoms with Gasteiger partial charge in [-0.3, -0.25) is 28.7 Å². The predicted molar refractivity (Wildman–Crippen MR) is 223 cm³/mol. The molecular formula is C45H62ClF6N5O4. The molecule has 2 aromatic carbocycles. The fourth-order valence-electron chi connectivity index (χ4n) is 9.11. The van der Waals surface area contributed by atoms with Crippen molar-refractivity contribution in [1.82, 2.24) is 24.5 Å². The first kappa shape index (κ1) is 48.5. The number of carbonyl (C=O) groups excluding carboxylic acids is 3. The van der Waals surface area contributed by atoms with E-state index >= 15 is 0 Å². The number of hydrogen-bond acceptors (Lipinski definition) is 6. The lowest BCUT2D eigenvalue weighted by molar-refractivity contribution is -0.191. The van der Waals surface area contributed by atoms with Gasteiger partial charge in [-0.1, -0.05) is 60.7 Å². The zero-order valence-electron chi connectivity index (χ0n) is 35.8. The van der Waals surface area contributed by atoms with Crippen LogP contribution >= 0.6 is 12.4 Å². The maximum atomic E-state index is 13.7. The molecule has 0 bridgehead atoms. The summed E-state index contributed by atoms with van der Waals surface area (Å²) in [5.41, 5.74) is 1.09. The van der Waals surface area contributed by atoms with Crippen LogP contribution in [0.3, 0.4) is 0 Å². The van der Waals surface area contributed by atoms with E-state index in [0.717, 1.165) is 56.8 Å². The molecule has 16 heteroatoms. The molecule has 3 amide bonds. The quantitative estimate of drug-likeness (QED) is 0.260. The molecule has 3 saturated heterocycles. The molecule has 3 aliphatic heterocycles. The van der Waals surface area contributed by atoms with Gasteiger partial charge >= 0.3 is 18.2 Å². The highest BCUT2D eigenvalue weighted by Crippen LogP contribution is 2.51. The van der Waals surface area contributed by atoms with Crippen molar-refractivity contribution in [2.45, 2.75) is 133 Å². The fourth-order valence-corrected chi connectivity index (χ4v) is 9.11. The Kier molecular flexibility index (Phi) is 15.5. The lowest BCUT2D eigenvalue weighted by Gasteiger charge is -2.46. The van der Waals surface area contributed by atoms with Crippen molar-refractivity contribution < 1.29 is 45.5 Å². The third kappa shape index (κ3) is 11.9. The molecule has 340 valence electrons. The summed E-state index contributed by atoms with van der Waals surface area (Å²) in [5.74, 6) is -2.15. The van der Waals surface area contributed by atoms with Crippen LogP contribution in [0.4, 0.5) is 31.1 Å². The van der Waals surface area contributed by atoms with Gasteiger partial charge in [-0.15, -0.1) is 12.4 Å². The van der Waals surface area contributed by atoms with Gasteiger partial charge in [0.15, 0.2) is 0 Å². The monoisotopic (exact) mass is 885 g/mol. The Morgan fingerprint density at radius 3 is 1.46 bits per heavy atom. The van der Waals surface area contributed by atoms with Gasteiger partial charge < -0.3 is 14.5 Å². The average molecular weight is 886 g/mol. The van der Waals surface area contributed by atoms with Gasteiger partial charge in [-0.2, -0.15) is 13.2 Å². The second-order valence-corrected chi connectivity index (χ2v) is 18.8. The zero-order valence-corrected chi connectivity index (χ0v) is 36.6. The second kappa shape index (κ2) is 19.5. The number of piperazine rings is 2. The predicted octanol–water partition coefficient (Wildman–Crippen LogP) is 8.54. The maximum absolute atomic E-state index is 13.7. The van der Waals surface area contributed by atoms with Crippen LogP contribution in [-0.2, 0) is 27.4 Å². The van der Waals surface area contributed by atoms with Crippen LogP contribution in [0.1, 0.15) is 90.2 Å². The maximum Gasteiger partial charge on any atom is 0.471 e. The van der Waals surface area contributed by atoms with Crippen LogP contribution in [0.2, 0.25) is 0 Å². The summed E-state index contributed by atoms with van der Waals surface area (Å²) in [7, 11) is 0. The van der Waals surface area contributed by atoms with Crippen molar-refractivity contribution >= 4 is 30.3 Å². The lowest BCUT2D eigenvalue weighted by atomic mass is 9.91. The average Bonchev–Trinajstić information content (AvgIpc) is 4.14. The highest BCUT2D eigenvalue weighted by molar-refractivity contribution is 5.85. The first-order valence-corrected chi connectivity index (χ1v) is 21.3.